The van der Waals surface area contributed by atoms with Gasteiger partial charge in [-0.1, -0.05) is 0 Å². The summed E-state index contributed by atoms with van der Waals surface area (Å²) in [5.41, 5.74) is 2.50. The van der Waals surface area contributed by atoms with Crippen LogP contribution in [-0.4, -0.2) is 50.3 Å². The molecule has 1 atom stereocenters. The van der Waals surface area contributed by atoms with Crippen molar-refractivity contribution < 1.29 is 9.53 Å². The fourth-order valence-electron chi connectivity index (χ4n) is 3.10. The molecule has 0 unspecified atom stereocenters. The van der Waals surface area contributed by atoms with Crippen molar-refractivity contribution in [3.63, 3.8) is 0 Å². The van der Waals surface area contributed by atoms with E-state index in [1.807, 2.05) is 14.0 Å². The van der Waals surface area contributed by atoms with E-state index in [9.17, 15) is 9.59 Å². The van der Waals surface area contributed by atoms with Gasteiger partial charge in [-0.15, -0.1) is 0 Å². The van der Waals surface area contributed by atoms with Gasteiger partial charge >= 0.3 is 0 Å². The van der Waals surface area contributed by atoms with Gasteiger partial charge in [-0.2, -0.15) is 5.10 Å². The predicted molar refractivity (Wildman–Crippen MR) is 91.1 cm³/mol. The quantitative estimate of drug-likeness (QED) is 0.878. The molecule has 3 rings (SSSR count). The van der Waals surface area contributed by atoms with Crippen molar-refractivity contribution in [2.24, 2.45) is 7.05 Å². The van der Waals surface area contributed by atoms with Gasteiger partial charge in [0.15, 0.2) is 0 Å². The first kappa shape index (κ1) is 17.3. The van der Waals surface area contributed by atoms with E-state index in [0.717, 1.165) is 11.3 Å². The summed E-state index contributed by atoms with van der Waals surface area (Å²) in [5.74, 6) is 0.572. The van der Waals surface area contributed by atoms with Crippen molar-refractivity contribution in [3.8, 4) is 0 Å². The first-order chi connectivity index (χ1) is 12.0. The molecule has 1 aliphatic heterocycles. The summed E-state index contributed by atoms with van der Waals surface area (Å²) in [6, 6.07) is 1.12. The Morgan fingerprint density at radius 2 is 2.24 bits per heavy atom. The first-order valence-electron chi connectivity index (χ1n) is 8.38. The number of rotatable bonds is 4. The van der Waals surface area contributed by atoms with Crippen LogP contribution >= 0.6 is 0 Å². The van der Waals surface area contributed by atoms with Gasteiger partial charge in [0.1, 0.15) is 5.82 Å². The molecule has 0 spiro atoms. The van der Waals surface area contributed by atoms with Gasteiger partial charge in [-0.25, -0.2) is 4.98 Å². The molecule has 0 radical (unpaired) electrons. The third kappa shape index (κ3) is 3.79. The Morgan fingerprint density at radius 1 is 1.44 bits per heavy atom. The minimum absolute atomic E-state index is 0.0382. The summed E-state index contributed by atoms with van der Waals surface area (Å²) in [4.78, 5) is 33.3. The number of aryl methyl sites for hydroxylation is 3. The Labute approximate surface area is 145 Å². The maximum atomic E-state index is 12.8. The number of aromatic nitrogens is 4. The highest BCUT2D eigenvalue weighted by molar-refractivity contribution is 5.77. The van der Waals surface area contributed by atoms with Crippen LogP contribution in [-0.2, 0) is 23.0 Å². The Bertz CT molecular complexity index is 826. The molecule has 3 heterocycles. The highest BCUT2D eigenvalue weighted by Crippen LogP contribution is 2.23. The monoisotopic (exact) mass is 345 g/mol. The topological polar surface area (TPSA) is 93.1 Å². The Kier molecular flexibility index (Phi) is 4.98. The number of H-pyrrole nitrogens is 1. The number of hydrogen-bond acceptors (Lipinski definition) is 5. The number of carbonyl (C=O) groups excluding carboxylic acids is 1. The molecule has 2 aromatic heterocycles. The van der Waals surface area contributed by atoms with E-state index in [4.69, 9.17) is 4.74 Å². The second-order valence-corrected chi connectivity index (χ2v) is 6.31. The Balaban J connectivity index is 1.74. The SMILES string of the molecule is Cc1nc([C@H]2COCCN2C(=O)CCc2cnn(C)c2C)cc(=O)[nH]1. The minimum Gasteiger partial charge on any atom is -0.377 e. The van der Waals surface area contributed by atoms with Crippen LogP contribution in [0.5, 0.6) is 0 Å². The molecular formula is C17H23N5O3. The molecule has 0 saturated carbocycles. The van der Waals surface area contributed by atoms with Crippen LogP contribution in [0, 0.1) is 13.8 Å². The average molecular weight is 345 g/mol. The van der Waals surface area contributed by atoms with E-state index in [0.29, 0.717) is 44.1 Å². The van der Waals surface area contributed by atoms with Crippen LogP contribution in [0.1, 0.15) is 35.2 Å². The molecule has 1 saturated heterocycles. The van der Waals surface area contributed by atoms with E-state index < -0.39 is 0 Å². The lowest BCUT2D eigenvalue weighted by atomic mass is 10.1. The molecule has 0 bridgehead atoms. The van der Waals surface area contributed by atoms with Crippen molar-refractivity contribution in [1.29, 1.82) is 0 Å². The number of ether oxygens (including phenoxy) is 1. The van der Waals surface area contributed by atoms with Crippen LogP contribution in [0.2, 0.25) is 0 Å². The molecule has 0 aliphatic carbocycles. The smallest absolute Gasteiger partial charge is 0.251 e. The van der Waals surface area contributed by atoms with E-state index in [2.05, 4.69) is 15.1 Å². The van der Waals surface area contributed by atoms with Crippen molar-refractivity contribution in [3.05, 3.63) is 45.4 Å². The van der Waals surface area contributed by atoms with Crippen LogP contribution in [0.15, 0.2) is 17.1 Å². The number of hydrogen-bond donors (Lipinski definition) is 1. The fraction of sp³-hybridized carbons (Fsp3) is 0.529. The first-order valence-corrected chi connectivity index (χ1v) is 8.38. The summed E-state index contributed by atoms with van der Waals surface area (Å²) in [5, 5.41) is 4.21. The number of aromatic amines is 1. The summed E-state index contributed by atoms with van der Waals surface area (Å²) < 4.78 is 7.33. The summed E-state index contributed by atoms with van der Waals surface area (Å²) in [6.45, 7) is 5.08. The minimum atomic E-state index is -0.322. The third-order valence-corrected chi connectivity index (χ3v) is 4.62. The molecular weight excluding hydrogens is 322 g/mol. The number of nitrogens with zero attached hydrogens (tertiary/aromatic N) is 4. The molecule has 134 valence electrons. The molecule has 1 aliphatic rings. The maximum Gasteiger partial charge on any atom is 0.251 e. The molecule has 8 heteroatoms. The zero-order chi connectivity index (χ0) is 18.0. The van der Waals surface area contributed by atoms with E-state index in [1.165, 1.54) is 6.07 Å². The maximum absolute atomic E-state index is 12.8. The molecule has 1 N–H and O–H groups in total. The van der Waals surface area contributed by atoms with Gasteiger partial charge in [-0.05, 0) is 25.8 Å². The van der Waals surface area contributed by atoms with Gasteiger partial charge < -0.3 is 14.6 Å². The number of amides is 1. The predicted octanol–water partition coefficient (Wildman–Crippen LogP) is 0.653. The van der Waals surface area contributed by atoms with Gasteiger partial charge in [0, 0.05) is 31.8 Å². The zero-order valence-corrected chi connectivity index (χ0v) is 14.8. The van der Waals surface area contributed by atoms with Crippen LogP contribution in [0.3, 0.4) is 0 Å². The van der Waals surface area contributed by atoms with Gasteiger partial charge in [0.2, 0.25) is 5.91 Å². The van der Waals surface area contributed by atoms with Gasteiger partial charge in [0.25, 0.3) is 5.56 Å². The Morgan fingerprint density at radius 3 is 2.92 bits per heavy atom. The number of nitrogens with one attached hydrogen (secondary N) is 1. The van der Waals surface area contributed by atoms with E-state index in [-0.39, 0.29) is 17.5 Å². The molecule has 1 fully saturated rings. The number of carbonyl (C=O) groups is 1. The lowest BCUT2D eigenvalue weighted by Gasteiger charge is -2.35. The molecule has 0 aromatic carbocycles. The van der Waals surface area contributed by atoms with Crippen molar-refractivity contribution in [2.75, 3.05) is 19.8 Å². The lowest BCUT2D eigenvalue weighted by molar-refractivity contribution is -0.140. The van der Waals surface area contributed by atoms with Gasteiger partial charge in [0.05, 0.1) is 31.1 Å². The van der Waals surface area contributed by atoms with E-state index >= 15 is 0 Å². The largest absolute Gasteiger partial charge is 0.377 e. The molecule has 1 amide bonds. The van der Waals surface area contributed by atoms with Crippen LogP contribution < -0.4 is 5.56 Å². The number of morpholine rings is 1. The van der Waals surface area contributed by atoms with Crippen molar-refractivity contribution >= 4 is 5.91 Å². The molecule has 8 nitrogen and oxygen atoms in total. The normalized spacial score (nSPS) is 17.7. The fourth-order valence-corrected chi connectivity index (χ4v) is 3.10. The average Bonchev–Trinajstić information content (AvgIpc) is 2.90. The van der Waals surface area contributed by atoms with Crippen molar-refractivity contribution in [2.45, 2.75) is 32.7 Å². The second-order valence-electron chi connectivity index (χ2n) is 6.31. The van der Waals surface area contributed by atoms with E-state index in [1.54, 1.807) is 22.7 Å². The summed E-state index contributed by atoms with van der Waals surface area (Å²) in [7, 11) is 1.89. The highest BCUT2D eigenvalue weighted by atomic mass is 16.5. The second kappa shape index (κ2) is 7.18. The molecule has 25 heavy (non-hydrogen) atoms. The highest BCUT2D eigenvalue weighted by Gasteiger charge is 2.30. The van der Waals surface area contributed by atoms with Crippen molar-refractivity contribution in [1.82, 2.24) is 24.6 Å². The zero-order valence-electron chi connectivity index (χ0n) is 14.8. The Hall–Kier alpha value is -2.48. The molecule has 2 aromatic rings. The summed E-state index contributed by atoms with van der Waals surface area (Å²) >= 11 is 0. The van der Waals surface area contributed by atoms with Crippen LogP contribution in [0.25, 0.3) is 0 Å². The standard InChI is InChI=1S/C17H23N5O3/c1-11-13(9-18-21(11)3)4-5-17(24)22-6-7-25-10-15(22)14-8-16(23)20-12(2)19-14/h8-9,15H,4-7,10H2,1-3H3,(H,19,20,23)/t15-/m1/s1. The third-order valence-electron chi connectivity index (χ3n) is 4.62. The van der Waals surface area contributed by atoms with Crippen LogP contribution in [0.4, 0.5) is 0 Å². The van der Waals surface area contributed by atoms with Gasteiger partial charge in [-0.3, -0.25) is 14.3 Å². The lowest BCUT2D eigenvalue weighted by Crippen LogP contribution is -2.44. The summed E-state index contributed by atoms with van der Waals surface area (Å²) in [6.07, 6.45) is 2.84.